The summed E-state index contributed by atoms with van der Waals surface area (Å²) in [6.07, 6.45) is 4.86. The second kappa shape index (κ2) is 5.21. The van der Waals surface area contributed by atoms with E-state index >= 15 is 0 Å². The molecule has 3 heterocycles. The first kappa shape index (κ1) is 15.0. The average Bonchev–Trinajstić information content (AvgIpc) is 2.93. The first-order valence-corrected chi connectivity index (χ1v) is 8.50. The minimum absolute atomic E-state index is 0.144. The van der Waals surface area contributed by atoms with E-state index in [1.54, 1.807) is 6.20 Å². The lowest BCUT2D eigenvalue weighted by Crippen LogP contribution is -2.60. The van der Waals surface area contributed by atoms with Gasteiger partial charge < -0.3 is 15.0 Å². The molecule has 2 fully saturated rings. The molecule has 5 nitrogen and oxygen atoms in total. The quantitative estimate of drug-likeness (QED) is 0.906. The lowest BCUT2D eigenvalue weighted by molar-refractivity contribution is -0.138. The molecule has 2 aliphatic rings. The number of amides is 1. The van der Waals surface area contributed by atoms with Gasteiger partial charge in [0.2, 0.25) is 5.91 Å². The smallest absolute Gasteiger partial charge is 0.224 e. The highest BCUT2D eigenvalue weighted by Gasteiger charge is 2.48. The summed E-state index contributed by atoms with van der Waals surface area (Å²) in [7, 11) is 0. The third-order valence-electron chi connectivity index (χ3n) is 5.25. The van der Waals surface area contributed by atoms with Crippen molar-refractivity contribution in [1.82, 2.24) is 20.0 Å². The van der Waals surface area contributed by atoms with Crippen molar-refractivity contribution in [3.63, 3.8) is 0 Å². The minimum atomic E-state index is -0.550. The number of pyridine rings is 1. The molecule has 2 aromatic heterocycles. The number of piperidine rings is 2. The van der Waals surface area contributed by atoms with Crippen LogP contribution in [0.1, 0.15) is 26.1 Å². The second-order valence-electron chi connectivity index (χ2n) is 7.25. The summed E-state index contributed by atoms with van der Waals surface area (Å²) in [6.45, 7) is 5.90. The van der Waals surface area contributed by atoms with E-state index in [9.17, 15) is 4.79 Å². The van der Waals surface area contributed by atoms with Crippen LogP contribution in [0.2, 0.25) is 5.02 Å². The van der Waals surface area contributed by atoms with Crippen LogP contribution in [-0.4, -0.2) is 28.4 Å². The van der Waals surface area contributed by atoms with Crippen molar-refractivity contribution in [2.75, 3.05) is 13.1 Å². The molecule has 122 valence electrons. The Morgan fingerprint density at radius 3 is 2.87 bits per heavy atom. The molecule has 1 saturated heterocycles. The molecule has 2 aromatic rings. The van der Waals surface area contributed by atoms with E-state index in [0.29, 0.717) is 16.9 Å². The van der Waals surface area contributed by atoms with Crippen LogP contribution in [0.5, 0.6) is 0 Å². The van der Waals surface area contributed by atoms with Gasteiger partial charge >= 0.3 is 0 Å². The molecule has 0 radical (unpaired) electrons. The molecule has 1 amide bonds. The lowest BCUT2D eigenvalue weighted by atomic mass is 9.61. The van der Waals surface area contributed by atoms with Gasteiger partial charge in [-0.25, -0.2) is 4.98 Å². The molecule has 3 atom stereocenters. The topological polar surface area (TPSA) is 58.4 Å². The summed E-state index contributed by atoms with van der Waals surface area (Å²) < 4.78 is 1.95. The van der Waals surface area contributed by atoms with E-state index in [2.05, 4.69) is 15.6 Å². The number of imidazole rings is 1. The number of fused-ring (bicyclic) bond motifs is 3. The van der Waals surface area contributed by atoms with E-state index in [1.165, 1.54) is 6.42 Å². The van der Waals surface area contributed by atoms with E-state index < -0.39 is 5.54 Å². The van der Waals surface area contributed by atoms with Gasteiger partial charge in [-0.1, -0.05) is 11.6 Å². The Labute approximate surface area is 140 Å². The number of carbonyl (C=O) groups excluding carboxylic acids is 1. The lowest BCUT2D eigenvalue weighted by Gasteiger charge is -2.49. The van der Waals surface area contributed by atoms with Gasteiger partial charge in [0.05, 0.1) is 22.3 Å². The zero-order valence-corrected chi connectivity index (χ0v) is 14.1. The van der Waals surface area contributed by atoms with Crippen LogP contribution >= 0.6 is 11.6 Å². The van der Waals surface area contributed by atoms with Crippen molar-refractivity contribution in [2.24, 2.45) is 17.8 Å². The van der Waals surface area contributed by atoms with Gasteiger partial charge in [0.1, 0.15) is 5.82 Å². The number of halogens is 1. The maximum absolute atomic E-state index is 12.8. The van der Waals surface area contributed by atoms with Crippen LogP contribution < -0.4 is 10.6 Å². The molecule has 4 rings (SSSR count). The highest BCUT2D eigenvalue weighted by atomic mass is 35.5. The van der Waals surface area contributed by atoms with Crippen LogP contribution in [0.4, 0.5) is 0 Å². The number of nitrogens with zero attached hydrogens (tertiary/aromatic N) is 2. The van der Waals surface area contributed by atoms with Crippen molar-refractivity contribution in [1.29, 1.82) is 0 Å². The largest absolute Gasteiger partial charge is 0.344 e. The number of carbonyl (C=O) groups is 1. The van der Waals surface area contributed by atoms with Gasteiger partial charge in [-0.15, -0.1) is 0 Å². The molecule has 0 spiro atoms. The molecule has 0 unspecified atom stereocenters. The van der Waals surface area contributed by atoms with Crippen LogP contribution in [-0.2, 0) is 10.3 Å². The third kappa shape index (κ3) is 2.34. The maximum atomic E-state index is 12.8. The SMILES string of the molecule is CC(C)(NC(=O)[C@@H]1[C@@H]2CNC[C@H]1C2)c1ncc2c(Cl)cccn12. The molecule has 23 heavy (non-hydrogen) atoms. The van der Waals surface area contributed by atoms with Gasteiger partial charge in [-0.05, 0) is 57.3 Å². The molecule has 0 aromatic carbocycles. The van der Waals surface area contributed by atoms with Gasteiger partial charge in [0.25, 0.3) is 0 Å². The Bertz CT molecular complexity index is 755. The van der Waals surface area contributed by atoms with Crippen LogP contribution in [0, 0.1) is 17.8 Å². The first-order chi connectivity index (χ1) is 11.0. The zero-order chi connectivity index (χ0) is 16.2. The molecule has 1 aliphatic carbocycles. The fourth-order valence-electron chi connectivity index (χ4n) is 4.07. The summed E-state index contributed by atoms with van der Waals surface area (Å²) in [5.41, 5.74) is 0.307. The number of nitrogens with one attached hydrogen (secondary N) is 2. The van der Waals surface area contributed by atoms with Crippen molar-refractivity contribution in [3.05, 3.63) is 35.4 Å². The van der Waals surface area contributed by atoms with Crippen molar-refractivity contribution < 1.29 is 4.79 Å². The second-order valence-corrected chi connectivity index (χ2v) is 7.65. The summed E-state index contributed by atoms with van der Waals surface area (Å²) in [5.74, 6) is 2.06. The number of aromatic nitrogens is 2. The Kier molecular flexibility index (Phi) is 3.39. The standard InChI is InChI=1S/C17H21ClN4O/c1-17(2,16-20-9-13-12(18)4-3-5-22(13)16)21-15(23)14-10-6-11(14)8-19-7-10/h3-5,9-11,14,19H,6-8H2,1-2H3,(H,21,23)/t10-,11+,14+. The normalized spacial score (nSPS) is 26.8. The fraction of sp³-hybridized carbons (Fsp3) is 0.529. The molecule has 2 N–H and O–H groups in total. The summed E-state index contributed by atoms with van der Waals surface area (Å²) in [5, 5.41) is 7.25. The predicted molar refractivity (Wildman–Crippen MR) is 89.3 cm³/mol. The summed E-state index contributed by atoms with van der Waals surface area (Å²) >= 11 is 6.22. The molecule has 1 saturated carbocycles. The Hall–Kier alpha value is -1.59. The van der Waals surface area contributed by atoms with Gasteiger partial charge in [0.15, 0.2) is 0 Å². The predicted octanol–water partition coefficient (Wildman–Crippen LogP) is 2.19. The Morgan fingerprint density at radius 1 is 1.43 bits per heavy atom. The molecular formula is C17H21ClN4O. The van der Waals surface area contributed by atoms with E-state index in [1.807, 2.05) is 36.6 Å². The van der Waals surface area contributed by atoms with Crippen molar-refractivity contribution in [2.45, 2.75) is 25.8 Å². The number of hydrogen-bond donors (Lipinski definition) is 2. The highest BCUT2D eigenvalue weighted by Crippen LogP contribution is 2.43. The van der Waals surface area contributed by atoms with Crippen molar-refractivity contribution in [3.8, 4) is 0 Å². The monoisotopic (exact) mass is 332 g/mol. The molecule has 2 bridgehead atoms. The van der Waals surface area contributed by atoms with E-state index in [4.69, 9.17) is 11.6 Å². The Balaban J connectivity index is 1.59. The highest BCUT2D eigenvalue weighted by molar-refractivity contribution is 6.33. The molecule has 1 aliphatic heterocycles. The van der Waals surface area contributed by atoms with Crippen LogP contribution in [0.25, 0.3) is 5.52 Å². The molecular weight excluding hydrogens is 312 g/mol. The first-order valence-electron chi connectivity index (χ1n) is 8.12. The summed E-state index contributed by atoms with van der Waals surface area (Å²) in [6, 6.07) is 3.73. The van der Waals surface area contributed by atoms with Crippen LogP contribution in [0.3, 0.4) is 0 Å². The fourth-order valence-corrected chi connectivity index (χ4v) is 4.28. The third-order valence-corrected chi connectivity index (χ3v) is 5.57. The molecule has 6 heteroatoms. The van der Waals surface area contributed by atoms with Crippen LogP contribution in [0.15, 0.2) is 24.5 Å². The zero-order valence-electron chi connectivity index (χ0n) is 13.3. The van der Waals surface area contributed by atoms with Gasteiger partial charge in [0, 0.05) is 12.1 Å². The van der Waals surface area contributed by atoms with Gasteiger partial charge in [-0.2, -0.15) is 0 Å². The van der Waals surface area contributed by atoms with Gasteiger partial charge in [-0.3, -0.25) is 4.79 Å². The minimum Gasteiger partial charge on any atom is -0.344 e. The van der Waals surface area contributed by atoms with E-state index in [-0.39, 0.29) is 11.8 Å². The number of hydrogen-bond acceptors (Lipinski definition) is 3. The summed E-state index contributed by atoms with van der Waals surface area (Å²) in [4.78, 5) is 17.3. The Morgan fingerprint density at radius 2 is 2.17 bits per heavy atom. The van der Waals surface area contributed by atoms with E-state index in [0.717, 1.165) is 24.4 Å². The average molecular weight is 333 g/mol. The number of rotatable bonds is 3. The van der Waals surface area contributed by atoms with Crippen molar-refractivity contribution >= 4 is 23.0 Å². The maximum Gasteiger partial charge on any atom is 0.224 e.